The second-order valence-corrected chi connectivity index (χ2v) is 2.23. The van der Waals surface area contributed by atoms with Gasteiger partial charge >= 0.3 is 0 Å². The topological polar surface area (TPSA) is 26.0 Å². The summed E-state index contributed by atoms with van der Waals surface area (Å²) in [5.74, 6) is 0. The van der Waals surface area contributed by atoms with Crippen LogP contribution in [0, 0.1) is 6.92 Å². The predicted molar refractivity (Wildman–Crippen MR) is 54.4 cm³/mol. The van der Waals surface area contributed by atoms with Crippen LogP contribution in [0.2, 0.25) is 5.02 Å². The van der Waals surface area contributed by atoms with Gasteiger partial charge in [0.1, 0.15) is 0 Å². The van der Waals surface area contributed by atoms with E-state index in [0.717, 1.165) is 5.02 Å². The molecule has 10 heavy (non-hydrogen) atoms. The average molecular weight is 270 g/mol. The summed E-state index contributed by atoms with van der Waals surface area (Å²) in [4.78, 5) is 0. The Balaban J connectivity index is 0.000000371. The Morgan fingerprint density at radius 2 is 1.60 bits per heavy atom. The highest BCUT2D eigenvalue weighted by Gasteiger charge is 1.81. The molecule has 0 aliphatic rings. The second-order valence-electron chi connectivity index (χ2n) is 1.80. The molecule has 2 N–H and O–H groups in total. The van der Waals surface area contributed by atoms with E-state index in [2.05, 4.69) is 3.95 Å². The molecule has 0 radical (unpaired) electrons. The third-order valence-corrected chi connectivity index (χ3v) is 1.26. The van der Waals surface area contributed by atoms with Crippen molar-refractivity contribution in [3.8, 4) is 0 Å². The van der Waals surface area contributed by atoms with Crippen LogP contribution < -0.4 is 3.95 Å². The van der Waals surface area contributed by atoms with E-state index < -0.39 is 0 Å². The number of hydrogen-bond acceptors (Lipinski definition) is 1. The van der Waals surface area contributed by atoms with E-state index in [9.17, 15) is 0 Å². The summed E-state index contributed by atoms with van der Waals surface area (Å²) >= 11 is 7.26. The van der Waals surface area contributed by atoms with Crippen LogP contribution >= 0.6 is 34.5 Å². The lowest BCUT2D eigenvalue weighted by Crippen LogP contribution is -1.66. The molecule has 0 unspecified atom stereocenters. The van der Waals surface area contributed by atoms with Crippen LogP contribution in [0.1, 0.15) is 5.56 Å². The predicted octanol–water partition coefficient (Wildman–Crippen LogP) is 2.94. The zero-order valence-corrected chi connectivity index (χ0v) is 8.56. The van der Waals surface area contributed by atoms with Gasteiger partial charge in [-0.25, -0.2) is 0 Å². The van der Waals surface area contributed by atoms with Gasteiger partial charge < -0.3 is 0 Å². The van der Waals surface area contributed by atoms with Crippen molar-refractivity contribution in [3.63, 3.8) is 0 Å². The van der Waals surface area contributed by atoms with Gasteiger partial charge in [-0.2, -0.15) is 0 Å². The van der Waals surface area contributed by atoms with Gasteiger partial charge in [-0.15, -0.1) is 0 Å². The summed E-state index contributed by atoms with van der Waals surface area (Å²) in [7, 11) is 0. The molecule has 0 bridgehead atoms. The van der Waals surface area contributed by atoms with Crippen LogP contribution in [0.5, 0.6) is 0 Å². The van der Waals surface area contributed by atoms with E-state index in [-0.39, 0.29) is 0 Å². The lowest BCUT2D eigenvalue weighted by molar-refractivity contribution is 1.48. The van der Waals surface area contributed by atoms with Crippen LogP contribution in [0.15, 0.2) is 24.3 Å². The first kappa shape index (κ1) is 10.2. The van der Waals surface area contributed by atoms with E-state index >= 15 is 0 Å². The van der Waals surface area contributed by atoms with E-state index in [1.807, 2.05) is 31.2 Å². The molecule has 0 saturated carbocycles. The maximum Gasteiger partial charge on any atom is 0.0406 e. The fraction of sp³-hybridized carbons (Fsp3) is 0.143. The summed E-state index contributed by atoms with van der Waals surface area (Å²) in [6.45, 7) is 2.04. The van der Waals surface area contributed by atoms with Crippen molar-refractivity contribution in [1.82, 2.24) is 0 Å². The molecule has 1 aromatic carbocycles. The Labute approximate surface area is 80.1 Å². The van der Waals surface area contributed by atoms with Crippen LogP contribution in [0.25, 0.3) is 0 Å². The molecule has 0 saturated heterocycles. The highest BCUT2D eigenvalue weighted by Crippen LogP contribution is 2.07. The minimum absolute atomic E-state index is 0.801. The molecule has 1 rings (SSSR count). The minimum atomic E-state index is 0.801. The zero-order valence-electron chi connectivity index (χ0n) is 5.64. The van der Waals surface area contributed by atoms with Gasteiger partial charge in [0.2, 0.25) is 0 Å². The number of benzene rings is 1. The van der Waals surface area contributed by atoms with Crippen LogP contribution in [-0.4, -0.2) is 0 Å². The molecule has 0 amide bonds. The maximum atomic E-state index is 5.61. The van der Waals surface area contributed by atoms with Gasteiger partial charge in [0.15, 0.2) is 0 Å². The Hall–Kier alpha value is 0.200. The van der Waals surface area contributed by atoms with Gasteiger partial charge in [0.25, 0.3) is 0 Å². The molecule has 0 atom stereocenters. The molecular weight excluding hydrogens is 260 g/mol. The van der Waals surface area contributed by atoms with Crippen molar-refractivity contribution in [2.75, 3.05) is 0 Å². The third-order valence-electron chi connectivity index (χ3n) is 1.01. The highest BCUT2D eigenvalue weighted by molar-refractivity contribution is 14.1. The Bertz CT molecular complexity index is 152. The smallest absolute Gasteiger partial charge is 0.0406 e. The number of aryl methyl sites for hydroxylation is 1. The van der Waals surface area contributed by atoms with Crippen LogP contribution in [-0.2, 0) is 0 Å². The van der Waals surface area contributed by atoms with E-state index in [1.54, 1.807) is 22.9 Å². The van der Waals surface area contributed by atoms with Gasteiger partial charge in [-0.05, 0) is 19.1 Å². The first-order valence-corrected chi connectivity index (χ1v) is 4.35. The number of halogens is 2. The molecule has 56 valence electrons. The molecule has 0 spiro atoms. The van der Waals surface area contributed by atoms with E-state index in [4.69, 9.17) is 11.6 Å². The molecule has 1 nitrogen and oxygen atoms in total. The first-order valence-electron chi connectivity index (χ1n) is 2.73. The fourth-order valence-corrected chi connectivity index (χ4v) is 0.659. The largest absolute Gasteiger partial charge is 0.275 e. The molecule has 0 aliphatic heterocycles. The monoisotopic (exact) mass is 269 g/mol. The van der Waals surface area contributed by atoms with Gasteiger partial charge in [-0.3, -0.25) is 3.95 Å². The van der Waals surface area contributed by atoms with Crippen molar-refractivity contribution < 1.29 is 0 Å². The van der Waals surface area contributed by atoms with Crippen molar-refractivity contribution >= 4 is 34.5 Å². The third kappa shape index (κ3) is 4.09. The van der Waals surface area contributed by atoms with E-state index in [1.165, 1.54) is 5.56 Å². The molecular formula is C7H9ClIN. The number of hydrogen-bond donors (Lipinski definition) is 1. The van der Waals surface area contributed by atoms with E-state index in [0.29, 0.717) is 0 Å². The standard InChI is InChI=1S/C7H7Cl.H2IN/c1-6-2-4-7(8)5-3-6;1-2/h2-5H,1H3;2H2. The van der Waals surface area contributed by atoms with Crippen molar-refractivity contribution in [3.05, 3.63) is 34.9 Å². The molecule has 0 heterocycles. The SMILES string of the molecule is Cc1ccc(Cl)cc1.NI. The Morgan fingerprint density at radius 1 is 1.20 bits per heavy atom. The van der Waals surface area contributed by atoms with Gasteiger partial charge in [0, 0.05) is 27.9 Å². The van der Waals surface area contributed by atoms with Crippen LogP contribution in [0.3, 0.4) is 0 Å². The quantitative estimate of drug-likeness (QED) is 0.569. The maximum absolute atomic E-state index is 5.61. The lowest BCUT2D eigenvalue weighted by atomic mass is 10.2. The lowest BCUT2D eigenvalue weighted by Gasteiger charge is -1.88. The fourth-order valence-electron chi connectivity index (χ4n) is 0.533. The van der Waals surface area contributed by atoms with Gasteiger partial charge in [0.05, 0.1) is 0 Å². The molecule has 3 heteroatoms. The van der Waals surface area contributed by atoms with Crippen molar-refractivity contribution in [2.24, 2.45) is 3.95 Å². The zero-order chi connectivity index (χ0) is 7.98. The molecule has 1 aromatic rings. The van der Waals surface area contributed by atoms with Crippen molar-refractivity contribution in [1.29, 1.82) is 0 Å². The first-order chi connectivity index (χ1) is 4.79. The normalized spacial score (nSPS) is 8.00. The highest BCUT2D eigenvalue weighted by atomic mass is 127. The molecule has 0 aromatic heterocycles. The minimum Gasteiger partial charge on any atom is -0.275 e. The van der Waals surface area contributed by atoms with Gasteiger partial charge in [-0.1, -0.05) is 29.3 Å². The summed E-state index contributed by atoms with van der Waals surface area (Å²) in [5, 5.41) is 0.801. The van der Waals surface area contributed by atoms with Crippen molar-refractivity contribution in [2.45, 2.75) is 6.92 Å². The Kier molecular flexibility index (Phi) is 6.06. The Morgan fingerprint density at radius 3 is 1.90 bits per heavy atom. The molecule has 0 aliphatic carbocycles. The average Bonchev–Trinajstić information content (AvgIpc) is 2.00. The number of rotatable bonds is 0. The summed E-state index contributed by atoms with van der Waals surface area (Å²) in [6.07, 6.45) is 0. The summed E-state index contributed by atoms with van der Waals surface area (Å²) in [5.41, 5.74) is 1.24. The summed E-state index contributed by atoms with van der Waals surface area (Å²) in [6, 6.07) is 7.75. The van der Waals surface area contributed by atoms with Crippen LogP contribution in [0.4, 0.5) is 0 Å². The molecule has 0 fully saturated rings. The number of nitrogens with two attached hydrogens (primary N) is 1. The summed E-state index contributed by atoms with van der Waals surface area (Å²) < 4.78 is 4.47. The second kappa shape index (κ2) is 5.95.